The maximum atomic E-state index is 10.9. The first kappa shape index (κ1) is 9.96. The Kier molecular flexibility index (Phi) is 2.85. The fourth-order valence-electron chi connectivity index (χ4n) is 2.08. The minimum absolute atomic E-state index is 0.131. The Bertz CT molecular complexity index is 354. The van der Waals surface area contributed by atoms with Crippen molar-refractivity contribution in [2.24, 2.45) is 0 Å². The fraction of sp³-hybridized carbons (Fsp3) is 0.455. The van der Waals surface area contributed by atoms with Crippen LogP contribution in [0.15, 0.2) is 18.3 Å². The number of rotatable bonds is 3. The van der Waals surface area contributed by atoms with Gasteiger partial charge in [0, 0.05) is 18.3 Å². The minimum Gasteiger partial charge on any atom is -0.481 e. The Morgan fingerprint density at radius 3 is 3.27 bits per heavy atom. The summed E-state index contributed by atoms with van der Waals surface area (Å²) in [6.45, 7) is 0.826. The highest BCUT2D eigenvalue weighted by atomic mass is 16.5. The number of aromatic nitrogens is 1. The summed E-state index contributed by atoms with van der Waals surface area (Å²) in [5.41, 5.74) is 1.00. The first-order valence-corrected chi connectivity index (χ1v) is 5.06. The zero-order valence-corrected chi connectivity index (χ0v) is 8.72. The Morgan fingerprint density at radius 1 is 1.67 bits per heavy atom. The van der Waals surface area contributed by atoms with Crippen LogP contribution < -0.4 is 4.74 Å². The Hall–Kier alpha value is -1.58. The van der Waals surface area contributed by atoms with Gasteiger partial charge in [-0.2, -0.15) is 0 Å². The molecule has 1 saturated heterocycles. The van der Waals surface area contributed by atoms with Gasteiger partial charge in [-0.05, 0) is 18.9 Å². The SMILES string of the molecule is COc1ncccc1[C@H]1CCCN1C=O. The monoisotopic (exact) mass is 206 g/mol. The maximum absolute atomic E-state index is 10.9. The van der Waals surface area contributed by atoms with Gasteiger partial charge in [-0.15, -0.1) is 0 Å². The molecule has 1 aromatic rings. The van der Waals surface area contributed by atoms with Gasteiger partial charge in [-0.25, -0.2) is 4.98 Å². The predicted molar refractivity (Wildman–Crippen MR) is 55.5 cm³/mol. The molecular weight excluding hydrogens is 192 g/mol. The molecule has 0 aromatic carbocycles. The third-order valence-corrected chi connectivity index (χ3v) is 2.78. The number of ether oxygens (including phenoxy) is 1. The zero-order chi connectivity index (χ0) is 10.7. The molecular formula is C11H14N2O2. The van der Waals surface area contributed by atoms with Crippen molar-refractivity contribution in [1.29, 1.82) is 0 Å². The quantitative estimate of drug-likeness (QED) is 0.702. The molecule has 0 radical (unpaired) electrons. The number of carbonyl (C=O) groups is 1. The largest absolute Gasteiger partial charge is 0.481 e. The number of methoxy groups -OCH3 is 1. The van der Waals surface area contributed by atoms with E-state index in [4.69, 9.17) is 4.74 Å². The molecule has 1 aliphatic heterocycles. The lowest BCUT2D eigenvalue weighted by molar-refractivity contribution is -0.118. The molecule has 4 nitrogen and oxygen atoms in total. The fourth-order valence-corrected chi connectivity index (χ4v) is 2.08. The van der Waals surface area contributed by atoms with E-state index in [9.17, 15) is 4.79 Å². The predicted octanol–water partition coefficient (Wildman–Crippen LogP) is 1.38. The third kappa shape index (κ3) is 1.79. The average Bonchev–Trinajstić information content (AvgIpc) is 2.76. The van der Waals surface area contributed by atoms with Gasteiger partial charge in [0.2, 0.25) is 12.3 Å². The van der Waals surface area contributed by atoms with Crippen LogP contribution in [0.2, 0.25) is 0 Å². The van der Waals surface area contributed by atoms with E-state index in [0.717, 1.165) is 31.4 Å². The molecule has 1 amide bonds. The van der Waals surface area contributed by atoms with Crippen molar-refractivity contribution in [1.82, 2.24) is 9.88 Å². The Balaban J connectivity index is 2.31. The van der Waals surface area contributed by atoms with Gasteiger partial charge in [-0.1, -0.05) is 6.07 Å². The molecule has 0 N–H and O–H groups in total. The molecule has 1 aromatic heterocycles. The van der Waals surface area contributed by atoms with Crippen molar-refractivity contribution < 1.29 is 9.53 Å². The maximum Gasteiger partial charge on any atom is 0.218 e. The van der Waals surface area contributed by atoms with Crippen molar-refractivity contribution in [2.45, 2.75) is 18.9 Å². The minimum atomic E-state index is 0.131. The molecule has 0 aliphatic carbocycles. The van der Waals surface area contributed by atoms with Gasteiger partial charge in [0.15, 0.2) is 0 Å². The van der Waals surface area contributed by atoms with Crippen LogP contribution in [-0.4, -0.2) is 29.9 Å². The van der Waals surface area contributed by atoms with E-state index in [-0.39, 0.29) is 6.04 Å². The first-order valence-electron chi connectivity index (χ1n) is 5.06. The second-order valence-corrected chi connectivity index (χ2v) is 3.60. The molecule has 1 aliphatic rings. The van der Waals surface area contributed by atoms with Gasteiger partial charge in [0.25, 0.3) is 0 Å². The van der Waals surface area contributed by atoms with E-state index in [2.05, 4.69) is 4.98 Å². The van der Waals surface area contributed by atoms with E-state index >= 15 is 0 Å². The van der Waals surface area contributed by atoms with Gasteiger partial charge in [0.05, 0.1) is 13.2 Å². The average molecular weight is 206 g/mol. The van der Waals surface area contributed by atoms with Crippen LogP contribution in [0.25, 0.3) is 0 Å². The van der Waals surface area contributed by atoms with Crippen LogP contribution in [-0.2, 0) is 4.79 Å². The first-order chi connectivity index (χ1) is 7.36. The molecule has 2 rings (SSSR count). The molecule has 0 bridgehead atoms. The smallest absolute Gasteiger partial charge is 0.218 e. The summed E-state index contributed by atoms with van der Waals surface area (Å²) >= 11 is 0. The summed E-state index contributed by atoms with van der Waals surface area (Å²) in [6.07, 6.45) is 4.63. The summed E-state index contributed by atoms with van der Waals surface area (Å²) in [7, 11) is 1.60. The van der Waals surface area contributed by atoms with Crippen LogP contribution in [0.4, 0.5) is 0 Å². The summed E-state index contributed by atoms with van der Waals surface area (Å²) in [5.74, 6) is 0.622. The normalized spacial score (nSPS) is 20.3. The van der Waals surface area contributed by atoms with E-state index < -0.39 is 0 Å². The molecule has 1 fully saturated rings. The summed E-state index contributed by atoms with van der Waals surface area (Å²) in [4.78, 5) is 16.8. The van der Waals surface area contributed by atoms with Gasteiger partial charge in [0.1, 0.15) is 0 Å². The number of nitrogens with zero attached hydrogens (tertiary/aromatic N) is 2. The lowest BCUT2D eigenvalue weighted by Gasteiger charge is -2.21. The number of amides is 1. The van der Waals surface area contributed by atoms with E-state index in [1.165, 1.54) is 0 Å². The van der Waals surface area contributed by atoms with Crippen molar-refractivity contribution in [3.63, 3.8) is 0 Å². The number of carbonyl (C=O) groups excluding carboxylic acids is 1. The van der Waals surface area contributed by atoms with Crippen LogP contribution in [0.5, 0.6) is 5.88 Å². The second kappa shape index (κ2) is 4.29. The van der Waals surface area contributed by atoms with Crippen LogP contribution in [0, 0.1) is 0 Å². The van der Waals surface area contributed by atoms with Gasteiger partial charge >= 0.3 is 0 Å². The highest BCUT2D eigenvalue weighted by molar-refractivity contribution is 5.50. The standard InChI is InChI=1S/C11H14N2O2/c1-15-11-9(4-2-6-12-11)10-5-3-7-13(10)8-14/h2,4,6,8,10H,3,5,7H2,1H3/t10-/m1/s1. The summed E-state index contributed by atoms with van der Waals surface area (Å²) in [5, 5.41) is 0. The molecule has 80 valence electrons. The molecule has 2 heterocycles. The highest BCUT2D eigenvalue weighted by Gasteiger charge is 2.27. The third-order valence-electron chi connectivity index (χ3n) is 2.78. The molecule has 15 heavy (non-hydrogen) atoms. The number of hydrogen-bond donors (Lipinski definition) is 0. The Morgan fingerprint density at radius 2 is 2.53 bits per heavy atom. The zero-order valence-electron chi connectivity index (χ0n) is 8.72. The van der Waals surface area contributed by atoms with Gasteiger partial charge < -0.3 is 9.64 Å². The van der Waals surface area contributed by atoms with Crippen LogP contribution in [0.1, 0.15) is 24.4 Å². The van der Waals surface area contributed by atoms with Crippen molar-refractivity contribution in [3.8, 4) is 5.88 Å². The second-order valence-electron chi connectivity index (χ2n) is 3.60. The number of hydrogen-bond acceptors (Lipinski definition) is 3. The molecule has 0 unspecified atom stereocenters. The van der Waals surface area contributed by atoms with Gasteiger partial charge in [-0.3, -0.25) is 4.79 Å². The highest BCUT2D eigenvalue weighted by Crippen LogP contribution is 2.34. The van der Waals surface area contributed by atoms with Crippen LogP contribution in [0.3, 0.4) is 0 Å². The molecule has 4 heteroatoms. The van der Waals surface area contributed by atoms with Crippen molar-refractivity contribution >= 4 is 6.41 Å². The number of likely N-dealkylation sites (tertiary alicyclic amines) is 1. The van der Waals surface area contributed by atoms with E-state index in [1.807, 2.05) is 12.1 Å². The summed E-state index contributed by atoms with van der Waals surface area (Å²) < 4.78 is 5.20. The molecule has 1 atom stereocenters. The van der Waals surface area contributed by atoms with Crippen LogP contribution >= 0.6 is 0 Å². The topological polar surface area (TPSA) is 42.4 Å². The lowest BCUT2D eigenvalue weighted by atomic mass is 10.1. The lowest BCUT2D eigenvalue weighted by Crippen LogP contribution is -2.21. The molecule has 0 spiro atoms. The Labute approximate surface area is 88.9 Å². The molecule has 0 saturated carbocycles. The summed E-state index contributed by atoms with van der Waals surface area (Å²) in [6, 6.07) is 3.98. The van der Waals surface area contributed by atoms with Crippen molar-refractivity contribution in [2.75, 3.05) is 13.7 Å². The number of pyridine rings is 1. The van der Waals surface area contributed by atoms with E-state index in [1.54, 1.807) is 18.2 Å². The van der Waals surface area contributed by atoms with Crippen molar-refractivity contribution in [3.05, 3.63) is 23.9 Å². The van der Waals surface area contributed by atoms with E-state index in [0.29, 0.717) is 5.88 Å².